The van der Waals surface area contributed by atoms with Gasteiger partial charge in [-0.05, 0) is 92.6 Å². The van der Waals surface area contributed by atoms with E-state index in [4.69, 9.17) is 0 Å². The van der Waals surface area contributed by atoms with E-state index in [1.54, 1.807) is 0 Å². The number of thiophene rings is 1. The SMILES string of the molecule is [2H]c1c([2H])c([2H])c2c(c1-c1ccccc1)c1c3ccccc3ccc1n2-c1cccc(N(c2ccc3c(c2)sc2ccccc23)c2cc3ccccc3c3ccccc23)c1. The number of fused-ring (bicyclic) bond motifs is 11. The van der Waals surface area contributed by atoms with Gasteiger partial charge in [-0.3, -0.25) is 0 Å². The predicted molar refractivity (Wildman–Crippen MR) is 246 cm³/mol. The molecule has 2 nitrogen and oxygen atoms in total. The lowest BCUT2D eigenvalue weighted by molar-refractivity contribution is 1.17. The molecule has 0 N–H and O–H groups in total. The molecule has 0 saturated carbocycles. The zero-order valence-electron chi connectivity index (χ0n) is 33.7. The van der Waals surface area contributed by atoms with Crippen LogP contribution in [0.2, 0.25) is 0 Å². The van der Waals surface area contributed by atoms with Gasteiger partial charge >= 0.3 is 0 Å². The third kappa shape index (κ3) is 4.96. The first-order valence-electron chi connectivity index (χ1n) is 20.8. The Morgan fingerprint density at radius 1 is 0.439 bits per heavy atom. The molecule has 266 valence electrons. The van der Waals surface area contributed by atoms with Crippen LogP contribution in [0.4, 0.5) is 17.1 Å². The number of nitrogens with zero attached hydrogens (tertiary/aromatic N) is 2. The first-order valence-corrected chi connectivity index (χ1v) is 20.1. The molecule has 57 heavy (non-hydrogen) atoms. The quantitative estimate of drug-likeness (QED) is 0.159. The Labute approximate surface area is 337 Å². The summed E-state index contributed by atoms with van der Waals surface area (Å²) in [4.78, 5) is 2.38. The zero-order valence-corrected chi connectivity index (χ0v) is 31.5. The maximum absolute atomic E-state index is 9.58. The lowest BCUT2D eigenvalue weighted by Gasteiger charge is -2.28. The fourth-order valence-corrected chi connectivity index (χ4v) is 10.1. The Balaban J connectivity index is 1.18. The number of benzene rings is 10. The van der Waals surface area contributed by atoms with Crippen LogP contribution in [0.15, 0.2) is 206 Å². The van der Waals surface area contributed by atoms with Gasteiger partial charge in [0.15, 0.2) is 0 Å². The maximum atomic E-state index is 9.58. The highest BCUT2D eigenvalue weighted by Gasteiger charge is 2.22. The minimum absolute atomic E-state index is 0.0351. The molecular weight excluding hydrogens is 709 g/mol. The van der Waals surface area contributed by atoms with Crippen molar-refractivity contribution in [2.75, 3.05) is 4.90 Å². The number of aromatic nitrogens is 1. The largest absolute Gasteiger partial charge is 0.310 e. The first-order chi connectivity index (χ1) is 29.5. The van der Waals surface area contributed by atoms with E-state index in [1.165, 1.54) is 30.9 Å². The van der Waals surface area contributed by atoms with Gasteiger partial charge in [0.1, 0.15) is 0 Å². The second-order valence-corrected chi connectivity index (χ2v) is 15.7. The Kier molecular flexibility index (Phi) is 6.48. The summed E-state index contributed by atoms with van der Waals surface area (Å²) in [5, 5.41) is 11.1. The molecule has 0 amide bonds. The van der Waals surface area contributed by atoms with Crippen molar-refractivity contribution in [2.24, 2.45) is 0 Å². The van der Waals surface area contributed by atoms with Crippen LogP contribution in [0, 0.1) is 0 Å². The van der Waals surface area contributed by atoms with Gasteiger partial charge in [0.05, 0.1) is 20.8 Å². The van der Waals surface area contributed by atoms with Crippen LogP contribution in [-0.4, -0.2) is 4.57 Å². The van der Waals surface area contributed by atoms with Crippen molar-refractivity contribution in [1.82, 2.24) is 4.57 Å². The Morgan fingerprint density at radius 2 is 1.14 bits per heavy atom. The van der Waals surface area contributed by atoms with Crippen molar-refractivity contribution >= 4 is 103 Å². The third-order valence-electron chi connectivity index (χ3n) is 11.5. The van der Waals surface area contributed by atoms with Gasteiger partial charge in [0, 0.05) is 53.4 Å². The molecule has 12 aromatic rings. The second-order valence-electron chi connectivity index (χ2n) is 14.7. The normalized spacial score (nSPS) is 12.6. The molecule has 2 aromatic heterocycles. The van der Waals surface area contributed by atoms with Crippen LogP contribution in [0.3, 0.4) is 0 Å². The van der Waals surface area contributed by atoms with E-state index in [2.05, 4.69) is 161 Å². The average Bonchev–Trinajstić information content (AvgIpc) is 3.85. The summed E-state index contributed by atoms with van der Waals surface area (Å²) < 4.78 is 32.7. The van der Waals surface area contributed by atoms with Crippen LogP contribution >= 0.6 is 11.3 Å². The molecule has 0 aliphatic heterocycles. The van der Waals surface area contributed by atoms with Gasteiger partial charge in [-0.15, -0.1) is 11.3 Å². The molecule has 0 unspecified atom stereocenters. The molecular formula is C54H34N2S. The molecule has 12 rings (SSSR count). The summed E-state index contributed by atoms with van der Waals surface area (Å²) in [5.74, 6) is 0. The lowest BCUT2D eigenvalue weighted by atomic mass is 9.97. The van der Waals surface area contributed by atoms with Crippen LogP contribution < -0.4 is 4.90 Å². The minimum atomic E-state index is -0.0910. The van der Waals surface area contributed by atoms with Crippen LogP contribution in [-0.2, 0) is 0 Å². The fourth-order valence-electron chi connectivity index (χ4n) is 9.00. The highest BCUT2D eigenvalue weighted by molar-refractivity contribution is 7.25. The van der Waals surface area contributed by atoms with Crippen molar-refractivity contribution in [2.45, 2.75) is 0 Å². The van der Waals surface area contributed by atoms with Crippen molar-refractivity contribution in [3.8, 4) is 16.8 Å². The summed E-state index contributed by atoms with van der Waals surface area (Å²) in [6.45, 7) is 0. The highest BCUT2D eigenvalue weighted by Crippen LogP contribution is 2.46. The van der Waals surface area contributed by atoms with Crippen LogP contribution in [0.25, 0.3) is 91.1 Å². The van der Waals surface area contributed by atoms with Gasteiger partial charge in [0.25, 0.3) is 0 Å². The molecule has 2 heterocycles. The van der Waals surface area contributed by atoms with E-state index in [0.717, 1.165) is 66.1 Å². The molecule has 0 bridgehead atoms. The molecule has 0 fully saturated rings. The summed E-state index contributed by atoms with van der Waals surface area (Å²) >= 11 is 1.81. The average molecular weight is 746 g/mol. The van der Waals surface area contributed by atoms with E-state index in [0.29, 0.717) is 11.1 Å². The van der Waals surface area contributed by atoms with Crippen molar-refractivity contribution < 1.29 is 4.11 Å². The molecule has 0 aliphatic rings. The Morgan fingerprint density at radius 3 is 2.02 bits per heavy atom. The summed E-state index contributed by atoms with van der Waals surface area (Å²) in [6, 6.07) is 66.1. The maximum Gasteiger partial charge on any atom is 0.0645 e. The smallest absolute Gasteiger partial charge is 0.0645 e. The molecule has 0 saturated heterocycles. The van der Waals surface area contributed by atoms with E-state index >= 15 is 0 Å². The van der Waals surface area contributed by atoms with Crippen molar-refractivity contribution in [1.29, 1.82) is 0 Å². The summed E-state index contributed by atoms with van der Waals surface area (Å²) in [6.07, 6.45) is 0. The van der Waals surface area contributed by atoms with Gasteiger partial charge in [-0.1, -0.05) is 152 Å². The van der Waals surface area contributed by atoms with Crippen LogP contribution in [0.1, 0.15) is 4.11 Å². The number of rotatable bonds is 5. The molecule has 0 atom stereocenters. The highest BCUT2D eigenvalue weighted by atomic mass is 32.1. The van der Waals surface area contributed by atoms with Crippen molar-refractivity contribution in [3.05, 3.63) is 206 Å². The monoisotopic (exact) mass is 745 g/mol. The van der Waals surface area contributed by atoms with Crippen molar-refractivity contribution in [3.63, 3.8) is 0 Å². The standard InChI is InChI=1S/C54H34N2S/c1-2-14-35(15-3-1)43-25-13-26-48-53(43)54-42-21-7-4-16-36(42)28-31-49(54)56(48)39-19-12-18-38(33-39)55(40-29-30-47-46-24-10-11-27-51(46)57-52(47)34-40)50-32-37-17-5-6-20-41(37)44-22-8-9-23-45(44)50/h1-34H/i13D,25D,26D. The molecule has 3 heteroatoms. The van der Waals surface area contributed by atoms with Gasteiger partial charge in [-0.2, -0.15) is 0 Å². The third-order valence-corrected chi connectivity index (χ3v) is 12.6. The number of anilines is 3. The van der Waals surface area contributed by atoms with Gasteiger partial charge in [0.2, 0.25) is 0 Å². The first kappa shape index (κ1) is 29.1. The summed E-state index contributed by atoms with van der Waals surface area (Å²) in [7, 11) is 0. The molecule has 0 radical (unpaired) electrons. The Bertz CT molecular complexity index is 3720. The molecule has 0 spiro atoms. The van der Waals surface area contributed by atoms with E-state index in [1.807, 2.05) is 47.7 Å². The summed E-state index contributed by atoms with van der Waals surface area (Å²) in [5.41, 5.74) is 7.00. The second kappa shape index (κ2) is 12.7. The minimum Gasteiger partial charge on any atom is -0.310 e. The topological polar surface area (TPSA) is 8.17 Å². The van der Waals surface area contributed by atoms with Gasteiger partial charge < -0.3 is 9.47 Å². The number of hydrogen-bond acceptors (Lipinski definition) is 2. The van der Waals surface area contributed by atoms with E-state index in [-0.39, 0.29) is 18.1 Å². The van der Waals surface area contributed by atoms with Crippen LogP contribution in [0.5, 0.6) is 0 Å². The molecule has 0 aliphatic carbocycles. The number of hydrogen-bond donors (Lipinski definition) is 0. The predicted octanol–water partition coefficient (Wildman–Crippen LogP) is 15.7. The lowest BCUT2D eigenvalue weighted by Crippen LogP contribution is -2.11. The van der Waals surface area contributed by atoms with E-state index < -0.39 is 0 Å². The van der Waals surface area contributed by atoms with E-state index in [9.17, 15) is 4.11 Å². The zero-order chi connectivity index (χ0) is 40.1. The van der Waals surface area contributed by atoms with Gasteiger partial charge in [-0.25, -0.2) is 0 Å². The fraction of sp³-hybridized carbons (Fsp3) is 0. The molecule has 10 aromatic carbocycles. The Hall–Kier alpha value is -7.20.